The van der Waals surface area contributed by atoms with Crippen LogP contribution in [0.4, 0.5) is 0 Å². The van der Waals surface area contributed by atoms with E-state index >= 15 is 0 Å². The molecule has 0 spiro atoms. The number of rotatable bonds is 7. The van der Waals surface area contributed by atoms with Gasteiger partial charge in [0.2, 0.25) is 5.91 Å². The summed E-state index contributed by atoms with van der Waals surface area (Å²) >= 11 is 0. The van der Waals surface area contributed by atoms with Gasteiger partial charge >= 0.3 is 0 Å². The van der Waals surface area contributed by atoms with Crippen molar-refractivity contribution in [1.82, 2.24) is 14.9 Å². The van der Waals surface area contributed by atoms with Crippen LogP contribution in [-0.4, -0.2) is 22.0 Å². The SMILES string of the molecule is NCCCC(=O)NCc1ccc(Cn2ccnc2)cc1. The van der Waals surface area contributed by atoms with Gasteiger partial charge in [-0.05, 0) is 24.1 Å². The number of benzene rings is 1. The summed E-state index contributed by atoms with van der Waals surface area (Å²) < 4.78 is 2.02. The molecule has 1 amide bonds. The molecule has 0 unspecified atom stereocenters. The number of hydrogen-bond acceptors (Lipinski definition) is 3. The van der Waals surface area contributed by atoms with E-state index in [1.165, 1.54) is 5.56 Å². The van der Waals surface area contributed by atoms with Gasteiger partial charge in [-0.1, -0.05) is 24.3 Å². The second-order valence-corrected chi connectivity index (χ2v) is 4.72. The molecule has 2 aromatic rings. The highest BCUT2D eigenvalue weighted by molar-refractivity contribution is 5.75. The highest BCUT2D eigenvalue weighted by atomic mass is 16.1. The number of imidazole rings is 1. The summed E-state index contributed by atoms with van der Waals surface area (Å²) in [7, 11) is 0. The third-order valence-electron chi connectivity index (χ3n) is 3.04. The molecule has 0 aliphatic carbocycles. The van der Waals surface area contributed by atoms with Gasteiger partial charge in [0.15, 0.2) is 0 Å². The molecule has 0 aliphatic rings. The van der Waals surface area contributed by atoms with Crippen LogP contribution in [0.3, 0.4) is 0 Å². The van der Waals surface area contributed by atoms with Gasteiger partial charge in [-0.3, -0.25) is 4.79 Å². The van der Waals surface area contributed by atoms with E-state index in [9.17, 15) is 4.79 Å². The molecule has 0 bridgehead atoms. The number of nitrogens with two attached hydrogens (primary N) is 1. The van der Waals surface area contributed by atoms with Gasteiger partial charge in [-0.15, -0.1) is 0 Å². The van der Waals surface area contributed by atoms with Crippen LogP contribution in [0, 0.1) is 0 Å². The van der Waals surface area contributed by atoms with Crippen molar-refractivity contribution in [3.8, 4) is 0 Å². The number of amides is 1. The van der Waals surface area contributed by atoms with E-state index in [0.29, 0.717) is 19.5 Å². The van der Waals surface area contributed by atoms with E-state index in [4.69, 9.17) is 5.73 Å². The van der Waals surface area contributed by atoms with Gasteiger partial charge in [0, 0.05) is 31.9 Å². The summed E-state index contributed by atoms with van der Waals surface area (Å²) in [5, 5.41) is 2.89. The highest BCUT2D eigenvalue weighted by Crippen LogP contribution is 2.06. The molecule has 0 saturated carbocycles. The van der Waals surface area contributed by atoms with Crippen LogP contribution >= 0.6 is 0 Å². The maximum Gasteiger partial charge on any atom is 0.220 e. The number of nitrogens with one attached hydrogen (secondary N) is 1. The molecule has 0 fully saturated rings. The topological polar surface area (TPSA) is 72.9 Å². The summed E-state index contributed by atoms with van der Waals surface area (Å²) in [6, 6.07) is 8.22. The van der Waals surface area contributed by atoms with Crippen LogP contribution in [0.1, 0.15) is 24.0 Å². The predicted molar refractivity (Wildman–Crippen MR) is 77.9 cm³/mol. The Kier molecular flexibility index (Phi) is 5.32. The van der Waals surface area contributed by atoms with Crippen LogP contribution in [0.2, 0.25) is 0 Å². The third-order valence-corrected chi connectivity index (χ3v) is 3.04. The number of aromatic nitrogens is 2. The van der Waals surface area contributed by atoms with Crippen molar-refractivity contribution in [2.45, 2.75) is 25.9 Å². The van der Waals surface area contributed by atoms with Gasteiger partial charge in [0.25, 0.3) is 0 Å². The molecule has 0 atom stereocenters. The zero-order valence-corrected chi connectivity index (χ0v) is 11.5. The van der Waals surface area contributed by atoms with Gasteiger partial charge in [-0.25, -0.2) is 4.98 Å². The van der Waals surface area contributed by atoms with Crippen molar-refractivity contribution in [2.75, 3.05) is 6.54 Å². The maximum atomic E-state index is 11.5. The summed E-state index contributed by atoms with van der Waals surface area (Å²) in [6.45, 7) is 1.92. The standard InChI is InChI=1S/C15H20N4O/c16-7-1-2-15(20)18-10-13-3-5-14(6-4-13)11-19-9-8-17-12-19/h3-6,8-9,12H,1-2,7,10-11,16H2,(H,18,20). The second kappa shape index (κ2) is 7.45. The molecule has 20 heavy (non-hydrogen) atoms. The fourth-order valence-corrected chi connectivity index (χ4v) is 1.91. The molecule has 106 valence electrons. The average molecular weight is 272 g/mol. The van der Waals surface area contributed by atoms with Crippen molar-refractivity contribution < 1.29 is 4.79 Å². The van der Waals surface area contributed by atoms with Gasteiger partial charge in [0.05, 0.1) is 6.33 Å². The maximum absolute atomic E-state index is 11.5. The first kappa shape index (κ1) is 14.3. The summed E-state index contributed by atoms with van der Waals surface area (Å²) in [6.07, 6.45) is 6.73. The first-order valence-corrected chi connectivity index (χ1v) is 6.78. The van der Waals surface area contributed by atoms with Crippen LogP contribution in [0.25, 0.3) is 0 Å². The predicted octanol–water partition coefficient (Wildman–Crippen LogP) is 1.29. The fourth-order valence-electron chi connectivity index (χ4n) is 1.91. The minimum Gasteiger partial charge on any atom is -0.352 e. The van der Waals surface area contributed by atoms with E-state index in [-0.39, 0.29) is 5.91 Å². The Hall–Kier alpha value is -2.14. The molecule has 5 heteroatoms. The fraction of sp³-hybridized carbons (Fsp3) is 0.333. The van der Waals surface area contributed by atoms with Crippen molar-refractivity contribution in [3.05, 3.63) is 54.1 Å². The largest absolute Gasteiger partial charge is 0.352 e. The lowest BCUT2D eigenvalue weighted by Crippen LogP contribution is -2.23. The van der Waals surface area contributed by atoms with E-state index < -0.39 is 0 Å². The van der Waals surface area contributed by atoms with E-state index in [0.717, 1.165) is 18.5 Å². The Balaban J connectivity index is 1.81. The lowest BCUT2D eigenvalue weighted by Gasteiger charge is -2.07. The average Bonchev–Trinajstić information content (AvgIpc) is 2.97. The van der Waals surface area contributed by atoms with Crippen LogP contribution < -0.4 is 11.1 Å². The number of hydrogen-bond donors (Lipinski definition) is 2. The van der Waals surface area contributed by atoms with Gasteiger partial charge in [0.1, 0.15) is 0 Å². The summed E-state index contributed by atoms with van der Waals surface area (Å²) in [4.78, 5) is 15.5. The smallest absolute Gasteiger partial charge is 0.220 e. The van der Waals surface area contributed by atoms with Crippen molar-refractivity contribution in [3.63, 3.8) is 0 Å². The molecule has 0 saturated heterocycles. The van der Waals surface area contributed by atoms with Crippen LogP contribution in [0.5, 0.6) is 0 Å². The highest BCUT2D eigenvalue weighted by Gasteiger charge is 2.01. The minimum absolute atomic E-state index is 0.0537. The Morgan fingerprint density at radius 1 is 1.25 bits per heavy atom. The summed E-state index contributed by atoms with van der Waals surface area (Å²) in [5.74, 6) is 0.0537. The molecule has 1 aromatic carbocycles. The quantitative estimate of drug-likeness (QED) is 0.797. The number of nitrogens with zero attached hydrogens (tertiary/aromatic N) is 2. The molecule has 5 nitrogen and oxygen atoms in total. The number of carbonyl (C=O) groups excluding carboxylic acids is 1. The normalized spacial score (nSPS) is 10.4. The lowest BCUT2D eigenvalue weighted by molar-refractivity contribution is -0.121. The van der Waals surface area contributed by atoms with Gasteiger partial charge < -0.3 is 15.6 Å². The Labute approximate surface area is 118 Å². The van der Waals surface area contributed by atoms with E-state index in [2.05, 4.69) is 22.4 Å². The number of carbonyl (C=O) groups is 1. The Bertz CT molecular complexity index is 519. The molecule has 1 aromatic heterocycles. The molecule has 1 heterocycles. The Morgan fingerprint density at radius 2 is 2.00 bits per heavy atom. The van der Waals surface area contributed by atoms with Gasteiger partial charge in [-0.2, -0.15) is 0 Å². The third kappa shape index (κ3) is 4.51. The summed E-state index contributed by atoms with van der Waals surface area (Å²) in [5.41, 5.74) is 7.68. The van der Waals surface area contributed by atoms with E-state index in [1.807, 2.05) is 22.9 Å². The molecule has 0 radical (unpaired) electrons. The first-order chi connectivity index (χ1) is 9.78. The van der Waals surface area contributed by atoms with Crippen LogP contribution in [0.15, 0.2) is 43.0 Å². The molecular weight excluding hydrogens is 252 g/mol. The van der Waals surface area contributed by atoms with E-state index in [1.54, 1.807) is 12.5 Å². The molecule has 0 aliphatic heterocycles. The Morgan fingerprint density at radius 3 is 2.65 bits per heavy atom. The van der Waals surface area contributed by atoms with Crippen LogP contribution in [-0.2, 0) is 17.9 Å². The zero-order chi connectivity index (χ0) is 14.2. The monoisotopic (exact) mass is 272 g/mol. The first-order valence-electron chi connectivity index (χ1n) is 6.78. The molecule has 2 rings (SSSR count). The molecular formula is C15H20N4O. The van der Waals surface area contributed by atoms with Crippen molar-refractivity contribution in [1.29, 1.82) is 0 Å². The zero-order valence-electron chi connectivity index (χ0n) is 11.5. The molecule has 3 N–H and O–H groups in total. The van der Waals surface area contributed by atoms with Crippen molar-refractivity contribution >= 4 is 5.91 Å². The minimum atomic E-state index is 0.0537. The second-order valence-electron chi connectivity index (χ2n) is 4.72. The lowest BCUT2D eigenvalue weighted by atomic mass is 10.1. The van der Waals surface area contributed by atoms with Crippen molar-refractivity contribution in [2.24, 2.45) is 5.73 Å².